The molecule has 0 bridgehead atoms. The van der Waals surface area contributed by atoms with Crippen LogP contribution in [0, 0.1) is 5.82 Å². The van der Waals surface area contributed by atoms with Gasteiger partial charge < -0.3 is 5.11 Å². The lowest BCUT2D eigenvalue weighted by molar-refractivity contribution is 0.480. The van der Waals surface area contributed by atoms with Crippen LogP contribution in [0.2, 0.25) is 0 Å². The van der Waals surface area contributed by atoms with Gasteiger partial charge in [0.2, 0.25) is 0 Å². The Kier molecular flexibility index (Phi) is 1.73. The normalized spacial score (nSPS) is 10.8. The lowest BCUT2D eigenvalue weighted by Crippen LogP contribution is -1.73. The van der Waals surface area contributed by atoms with Crippen molar-refractivity contribution in [3.63, 3.8) is 0 Å². The van der Waals surface area contributed by atoms with Crippen molar-refractivity contribution >= 4 is 34.1 Å². The van der Waals surface area contributed by atoms with E-state index < -0.39 is 0 Å². The molecular formula is C8H5FOS2. The molecule has 2 rings (SSSR count). The summed E-state index contributed by atoms with van der Waals surface area (Å²) in [6.45, 7) is 0. The summed E-state index contributed by atoms with van der Waals surface area (Å²) in [5, 5.41) is 9.72. The Morgan fingerprint density at radius 1 is 1.42 bits per heavy atom. The molecule has 0 atom stereocenters. The topological polar surface area (TPSA) is 20.2 Å². The maximum absolute atomic E-state index is 13.1. The number of thiophene rings is 1. The van der Waals surface area contributed by atoms with E-state index in [0.29, 0.717) is 10.3 Å². The van der Waals surface area contributed by atoms with Crippen molar-refractivity contribution < 1.29 is 9.50 Å². The average Bonchev–Trinajstić information content (AvgIpc) is 2.29. The van der Waals surface area contributed by atoms with E-state index in [1.165, 1.54) is 6.07 Å². The van der Waals surface area contributed by atoms with Crippen LogP contribution in [0.15, 0.2) is 23.1 Å². The Labute approximate surface area is 77.9 Å². The molecule has 1 N–H and O–H groups in total. The highest BCUT2D eigenvalue weighted by Gasteiger charge is 2.10. The van der Waals surface area contributed by atoms with Crippen LogP contribution in [-0.4, -0.2) is 5.11 Å². The van der Waals surface area contributed by atoms with Crippen LogP contribution in [-0.2, 0) is 0 Å². The fraction of sp³-hybridized carbons (Fsp3) is 0. The minimum Gasteiger partial charge on any atom is -0.499 e. The molecule has 62 valence electrons. The first-order valence-electron chi connectivity index (χ1n) is 3.29. The predicted molar refractivity (Wildman–Crippen MR) is 50.7 cm³/mol. The van der Waals surface area contributed by atoms with Crippen LogP contribution < -0.4 is 0 Å². The second-order valence-corrected chi connectivity index (χ2v) is 3.85. The highest BCUT2D eigenvalue weighted by atomic mass is 32.1. The number of halogens is 1. The van der Waals surface area contributed by atoms with E-state index in [4.69, 9.17) is 0 Å². The first kappa shape index (κ1) is 7.89. The molecule has 0 spiro atoms. The van der Waals surface area contributed by atoms with Crippen molar-refractivity contribution in [1.82, 2.24) is 0 Å². The molecule has 2 aromatic rings. The number of rotatable bonds is 0. The number of hydrogen-bond donors (Lipinski definition) is 2. The van der Waals surface area contributed by atoms with Crippen molar-refractivity contribution in [1.29, 1.82) is 0 Å². The van der Waals surface area contributed by atoms with E-state index in [1.807, 2.05) is 0 Å². The van der Waals surface area contributed by atoms with E-state index in [-0.39, 0.29) is 10.9 Å². The largest absolute Gasteiger partial charge is 0.499 e. The second-order valence-electron chi connectivity index (χ2n) is 2.37. The monoisotopic (exact) mass is 200 g/mol. The molecule has 0 aliphatic rings. The van der Waals surface area contributed by atoms with Crippen molar-refractivity contribution in [3.8, 4) is 5.06 Å². The molecule has 12 heavy (non-hydrogen) atoms. The summed E-state index contributed by atoms with van der Waals surface area (Å²) >= 11 is 5.14. The quantitative estimate of drug-likeness (QED) is 0.626. The summed E-state index contributed by atoms with van der Waals surface area (Å²) in [6, 6.07) is 4.72. The zero-order chi connectivity index (χ0) is 8.72. The van der Waals surface area contributed by atoms with Gasteiger partial charge in [-0.3, -0.25) is 0 Å². The Balaban J connectivity index is 2.97. The Morgan fingerprint density at radius 3 is 2.83 bits per heavy atom. The molecule has 0 radical (unpaired) electrons. The lowest BCUT2D eigenvalue weighted by atomic mass is 10.2. The SMILES string of the molecule is Oc1sc2cccc(F)c2c1S. The zero-order valence-electron chi connectivity index (χ0n) is 5.91. The molecule has 0 amide bonds. The Hall–Kier alpha value is -0.740. The molecule has 0 saturated carbocycles. The van der Waals surface area contributed by atoms with Gasteiger partial charge in [0.25, 0.3) is 0 Å². The van der Waals surface area contributed by atoms with Gasteiger partial charge in [0.05, 0.1) is 4.90 Å². The second kappa shape index (κ2) is 2.64. The molecule has 0 saturated heterocycles. The van der Waals surface area contributed by atoms with E-state index >= 15 is 0 Å². The van der Waals surface area contributed by atoms with Crippen LogP contribution in [0.25, 0.3) is 10.1 Å². The Morgan fingerprint density at radius 2 is 2.17 bits per heavy atom. The predicted octanol–water partition coefficient (Wildman–Crippen LogP) is 3.03. The van der Waals surface area contributed by atoms with E-state index in [9.17, 15) is 9.50 Å². The van der Waals surface area contributed by atoms with Gasteiger partial charge in [0.1, 0.15) is 5.82 Å². The zero-order valence-corrected chi connectivity index (χ0v) is 7.62. The van der Waals surface area contributed by atoms with Crippen LogP contribution in [0.4, 0.5) is 4.39 Å². The van der Waals surface area contributed by atoms with E-state index in [2.05, 4.69) is 12.6 Å². The fourth-order valence-electron chi connectivity index (χ4n) is 1.08. The first-order valence-corrected chi connectivity index (χ1v) is 4.55. The van der Waals surface area contributed by atoms with Gasteiger partial charge in [-0.15, -0.1) is 12.6 Å². The molecule has 0 fully saturated rings. The summed E-state index contributed by atoms with van der Waals surface area (Å²) in [5.41, 5.74) is 0. The molecule has 1 aromatic heterocycles. The van der Waals surface area contributed by atoms with Gasteiger partial charge >= 0.3 is 0 Å². The van der Waals surface area contributed by atoms with E-state index in [0.717, 1.165) is 16.0 Å². The molecule has 0 aliphatic carbocycles. The van der Waals surface area contributed by atoms with Crippen molar-refractivity contribution in [2.75, 3.05) is 0 Å². The maximum atomic E-state index is 13.1. The summed E-state index contributed by atoms with van der Waals surface area (Å²) in [7, 11) is 0. The van der Waals surface area contributed by atoms with Gasteiger partial charge in [-0.25, -0.2) is 4.39 Å². The van der Waals surface area contributed by atoms with Crippen LogP contribution in [0.3, 0.4) is 0 Å². The summed E-state index contributed by atoms with van der Waals surface area (Å²) in [5.74, 6) is -0.339. The third kappa shape index (κ3) is 0.990. The van der Waals surface area contributed by atoms with Crippen molar-refractivity contribution in [2.24, 2.45) is 0 Å². The molecule has 0 aliphatic heterocycles. The van der Waals surface area contributed by atoms with Gasteiger partial charge in [-0.2, -0.15) is 0 Å². The van der Waals surface area contributed by atoms with E-state index in [1.54, 1.807) is 12.1 Å². The lowest BCUT2D eigenvalue weighted by Gasteiger charge is -1.91. The number of hydrogen-bond acceptors (Lipinski definition) is 3. The van der Waals surface area contributed by atoms with Crippen molar-refractivity contribution in [3.05, 3.63) is 24.0 Å². The number of aromatic hydroxyl groups is 1. The minimum atomic E-state index is -0.339. The molecule has 4 heteroatoms. The smallest absolute Gasteiger partial charge is 0.186 e. The van der Waals surface area contributed by atoms with Gasteiger partial charge in [-0.1, -0.05) is 17.4 Å². The van der Waals surface area contributed by atoms with Crippen LogP contribution >= 0.6 is 24.0 Å². The minimum absolute atomic E-state index is 0.0680. The summed E-state index contributed by atoms with van der Waals surface area (Å²) < 4.78 is 13.8. The molecule has 1 heterocycles. The highest BCUT2D eigenvalue weighted by Crippen LogP contribution is 2.39. The average molecular weight is 200 g/mol. The molecule has 1 aromatic carbocycles. The van der Waals surface area contributed by atoms with Crippen LogP contribution in [0.1, 0.15) is 0 Å². The fourth-order valence-corrected chi connectivity index (χ4v) is 2.37. The third-order valence-corrected chi connectivity index (χ3v) is 3.17. The van der Waals surface area contributed by atoms with Gasteiger partial charge in [0.15, 0.2) is 5.06 Å². The van der Waals surface area contributed by atoms with Crippen molar-refractivity contribution in [2.45, 2.75) is 4.90 Å². The Bertz CT molecular complexity index is 436. The third-order valence-electron chi connectivity index (χ3n) is 1.62. The molecule has 1 nitrogen and oxygen atoms in total. The summed E-state index contributed by atoms with van der Waals surface area (Å²) in [4.78, 5) is 0.327. The number of benzene rings is 1. The standard InChI is InChI=1S/C8H5FOS2/c9-4-2-1-3-5-6(4)7(11)8(10)12-5/h1-3,10-11H. The van der Waals surface area contributed by atoms with Gasteiger partial charge in [0, 0.05) is 10.1 Å². The number of thiol groups is 1. The molecular weight excluding hydrogens is 195 g/mol. The highest BCUT2D eigenvalue weighted by molar-refractivity contribution is 7.81. The molecule has 0 unspecified atom stereocenters. The number of fused-ring (bicyclic) bond motifs is 1. The maximum Gasteiger partial charge on any atom is 0.186 e. The van der Waals surface area contributed by atoms with Gasteiger partial charge in [-0.05, 0) is 12.1 Å². The summed E-state index contributed by atoms with van der Waals surface area (Å²) in [6.07, 6.45) is 0. The first-order chi connectivity index (χ1) is 5.70. The van der Waals surface area contributed by atoms with Crippen LogP contribution in [0.5, 0.6) is 5.06 Å².